The largest absolute Gasteiger partial charge is 0.394 e. The summed E-state index contributed by atoms with van der Waals surface area (Å²) in [5, 5.41) is 49.2. The van der Waals surface area contributed by atoms with Gasteiger partial charge in [-0.15, -0.1) is 0 Å². The Morgan fingerprint density at radius 1 is 0.812 bits per heavy atom. The van der Waals surface area contributed by atoms with Gasteiger partial charge < -0.3 is 36.0 Å². The fraction of sp³-hybridized carbons (Fsp3) is 0.920. The van der Waals surface area contributed by atoms with E-state index in [1.165, 1.54) is 64.2 Å². The lowest BCUT2D eigenvalue weighted by Crippen LogP contribution is -2.58. The van der Waals surface area contributed by atoms with E-state index in [0.29, 0.717) is 12.8 Å². The van der Waals surface area contributed by atoms with Crippen molar-refractivity contribution in [3.63, 3.8) is 0 Å². The first kappa shape index (κ1) is 29.5. The molecule has 0 aromatic rings. The van der Waals surface area contributed by atoms with Crippen molar-refractivity contribution in [2.75, 3.05) is 6.61 Å². The highest BCUT2D eigenvalue weighted by molar-refractivity contribution is 4.96. The van der Waals surface area contributed by atoms with Gasteiger partial charge >= 0.3 is 0 Å². The number of allylic oxidation sites excluding steroid dienone is 1. The topological polar surface area (TPSA) is 136 Å². The molecule has 7 heteroatoms. The maximum absolute atomic E-state index is 10.2. The van der Waals surface area contributed by atoms with Gasteiger partial charge in [-0.25, -0.2) is 0 Å². The van der Waals surface area contributed by atoms with Gasteiger partial charge in [0.25, 0.3) is 0 Å². The molecule has 0 bridgehead atoms. The maximum Gasteiger partial charge on any atom is 0.111 e. The fourth-order valence-electron chi connectivity index (χ4n) is 4.25. The summed E-state index contributed by atoms with van der Waals surface area (Å²) in [7, 11) is 0. The van der Waals surface area contributed by atoms with Gasteiger partial charge in [0, 0.05) is 6.04 Å². The molecule has 7 nitrogen and oxygen atoms in total. The third-order valence-electron chi connectivity index (χ3n) is 6.52. The molecule has 0 radical (unpaired) electrons. The first-order chi connectivity index (χ1) is 15.4. The van der Waals surface area contributed by atoms with Gasteiger partial charge in [0.05, 0.1) is 18.8 Å². The molecule has 7 atom stereocenters. The smallest absolute Gasteiger partial charge is 0.111 e. The highest BCUT2D eigenvalue weighted by Crippen LogP contribution is 2.24. The molecule has 1 aliphatic heterocycles. The molecule has 0 unspecified atom stereocenters. The molecule has 1 saturated heterocycles. The molecule has 1 heterocycles. The SMILES string of the molecule is CCCCCCCCCCCCC/C=C/[C@@H](O)[C@@H](N)CC[C@@H]1O[C@H](CO)[C@@H](O)[C@H](O)[C@H]1O. The van der Waals surface area contributed by atoms with Crippen LogP contribution in [-0.2, 0) is 4.74 Å². The van der Waals surface area contributed by atoms with Crippen LogP contribution in [-0.4, -0.2) is 74.8 Å². The quantitative estimate of drug-likeness (QED) is 0.137. The van der Waals surface area contributed by atoms with E-state index >= 15 is 0 Å². The normalized spacial score (nSPS) is 28.3. The number of aliphatic hydroxyl groups excluding tert-OH is 5. The molecule has 1 fully saturated rings. The summed E-state index contributed by atoms with van der Waals surface area (Å²) in [6.45, 7) is 1.80. The lowest BCUT2D eigenvalue weighted by Gasteiger charge is -2.40. The average Bonchev–Trinajstić information content (AvgIpc) is 2.79. The monoisotopic (exact) mass is 459 g/mol. The predicted octanol–water partition coefficient (Wildman–Crippen LogP) is 2.55. The first-order valence-electron chi connectivity index (χ1n) is 12.8. The van der Waals surface area contributed by atoms with Crippen LogP contribution >= 0.6 is 0 Å². The number of hydrogen-bond donors (Lipinski definition) is 6. The van der Waals surface area contributed by atoms with E-state index in [2.05, 4.69) is 6.92 Å². The summed E-state index contributed by atoms with van der Waals surface area (Å²) in [5.74, 6) is 0. The van der Waals surface area contributed by atoms with Gasteiger partial charge in [0.2, 0.25) is 0 Å². The molecule has 1 aliphatic rings. The van der Waals surface area contributed by atoms with Crippen molar-refractivity contribution in [1.29, 1.82) is 0 Å². The number of rotatable bonds is 18. The zero-order valence-electron chi connectivity index (χ0n) is 20.0. The second-order valence-corrected chi connectivity index (χ2v) is 9.35. The number of aliphatic hydroxyl groups is 5. The second kappa shape index (κ2) is 17.9. The van der Waals surface area contributed by atoms with Crippen LogP contribution in [0.2, 0.25) is 0 Å². The van der Waals surface area contributed by atoms with E-state index in [0.717, 1.165) is 12.8 Å². The molecule has 1 rings (SSSR count). The second-order valence-electron chi connectivity index (χ2n) is 9.35. The van der Waals surface area contributed by atoms with Crippen molar-refractivity contribution in [1.82, 2.24) is 0 Å². The predicted molar refractivity (Wildman–Crippen MR) is 127 cm³/mol. The summed E-state index contributed by atoms with van der Waals surface area (Å²) in [6, 6.07) is -0.518. The fourth-order valence-corrected chi connectivity index (χ4v) is 4.25. The minimum Gasteiger partial charge on any atom is -0.394 e. The lowest BCUT2D eigenvalue weighted by atomic mass is 9.91. The van der Waals surface area contributed by atoms with Crippen molar-refractivity contribution in [2.45, 2.75) is 139 Å². The van der Waals surface area contributed by atoms with Crippen LogP contribution in [0.4, 0.5) is 0 Å². The van der Waals surface area contributed by atoms with Gasteiger partial charge in [-0.2, -0.15) is 0 Å². The van der Waals surface area contributed by atoms with E-state index in [1.807, 2.05) is 6.08 Å². The Labute approximate surface area is 194 Å². The van der Waals surface area contributed by atoms with Crippen molar-refractivity contribution in [3.8, 4) is 0 Å². The summed E-state index contributed by atoms with van der Waals surface area (Å²) in [5.41, 5.74) is 6.06. The maximum atomic E-state index is 10.2. The minimum atomic E-state index is -1.38. The molecular weight excluding hydrogens is 410 g/mol. The lowest BCUT2D eigenvalue weighted by molar-refractivity contribution is -0.230. The first-order valence-corrected chi connectivity index (χ1v) is 12.8. The van der Waals surface area contributed by atoms with Gasteiger partial charge in [-0.05, 0) is 25.7 Å². The molecule has 0 spiro atoms. The van der Waals surface area contributed by atoms with Crippen LogP contribution in [0.5, 0.6) is 0 Å². The molecule has 0 aromatic carbocycles. The molecule has 0 aromatic heterocycles. The van der Waals surface area contributed by atoms with Gasteiger partial charge in [-0.3, -0.25) is 0 Å². The molecular formula is C25H49NO6. The van der Waals surface area contributed by atoms with Crippen molar-refractivity contribution in [2.24, 2.45) is 5.73 Å². The van der Waals surface area contributed by atoms with Crippen LogP contribution in [0.3, 0.4) is 0 Å². The standard InChI is InChI=1S/C25H49NO6/c1-2-3-4-5-6-7-8-9-10-11-12-13-14-15-20(28)19(26)16-17-21-23(29)25(31)24(30)22(18-27)32-21/h14-15,19-25,27-31H,2-13,16-18,26H2,1H3/b15-14+/t19-,20+,21-,22+,23-,24+,25+/m0/s1. The van der Waals surface area contributed by atoms with Gasteiger partial charge in [0.1, 0.15) is 24.4 Å². The molecule has 7 N–H and O–H groups in total. The Hall–Kier alpha value is -0.540. The highest BCUT2D eigenvalue weighted by atomic mass is 16.5. The zero-order chi connectivity index (χ0) is 23.8. The van der Waals surface area contributed by atoms with E-state index in [1.54, 1.807) is 6.08 Å². The zero-order valence-corrected chi connectivity index (χ0v) is 20.0. The average molecular weight is 460 g/mol. The minimum absolute atomic E-state index is 0.312. The van der Waals surface area contributed by atoms with E-state index in [4.69, 9.17) is 10.5 Å². The van der Waals surface area contributed by atoms with Crippen LogP contribution in [0.1, 0.15) is 96.8 Å². The van der Waals surface area contributed by atoms with E-state index < -0.39 is 49.3 Å². The van der Waals surface area contributed by atoms with Crippen molar-refractivity contribution < 1.29 is 30.3 Å². The number of nitrogens with two attached hydrogens (primary N) is 1. The van der Waals surface area contributed by atoms with Crippen LogP contribution in [0.15, 0.2) is 12.2 Å². The van der Waals surface area contributed by atoms with Crippen molar-refractivity contribution in [3.05, 3.63) is 12.2 Å². The van der Waals surface area contributed by atoms with E-state index in [9.17, 15) is 25.5 Å². The van der Waals surface area contributed by atoms with Crippen molar-refractivity contribution >= 4 is 0 Å². The summed E-state index contributed by atoms with van der Waals surface area (Å²) in [6.07, 6.45) is 13.3. The molecule has 32 heavy (non-hydrogen) atoms. The number of unbranched alkanes of at least 4 members (excludes halogenated alkanes) is 11. The molecule has 190 valence electrons. The van der Waals surface area contributed by atoms with Crippen LogP contribution in [0, 0.1) is 0 Å². The van der Waals surface area contributed by atoms with Crippen LogP contribution in [0.25, 0.3) is 0 Å². The van der Waals surface area contributed by atoms with Crippen LogP contribution < -0.4 is 5.73 Å². The Morgan fingerprint density at radius 3 is 1.91 bits per heavy atom. The highest BCUT2D eigenvalue weighted by Gasteiger charge is 2.43. The molecule has 0 aliphatic carbocycles. The number of hydrogen-bond acceptors (Lipinski definition) is 7. The Bertz CT molecular complexity index is 475. The third kappa shape index (κ3) is 11.5. The number of ether oxygens (including phenoxy) is 1. The summed E-state index contributed by atoms with van der Waals surface area (Å²) in [4.78, 5) is 0. The molecule has 0 saturated carbocycles. The van der Waals surface area contributed by atoms with E-state index in [-0.39, 0.29) is 0 Å². The summed E-state index contributed by atoms with van der Waals surface area (Å²) >= 11 is 0. The summed E-state index contributed by atoms with van der Waals surface area (Å²) < 4.78 is 5.48. The Kier molecular flexibility index (Phi) is 16.5. The Morgan fingerprint density at radius 2 is 1.34 bits per heavy atom. The van der Waals surface area contributed by atoms with Gasteiger partial charge in [-0.1, -0.05) is 83.3 Å². The Balaban J connectivity index is 2.10. The third-order valence-corrected chi connectivity index (χ3v) is 6.52. The van der Waals surface area contributed by atoms with Gasteiger partial charge in [0.15, 0.2) is 0 Å². The molecule has 0 amide bonds.